The van der Waals surface area contributed by atoms with E-state index >= 15 is 0 Å². The van der Waals surface area contributed by atoms with Crippen LogP contribution in [0.3, 0.4) is 0 Å². The standard InChI is InChI=1S/C17H21N3O2S/c18-16-19-12-9-11(4-5-13(12)23-16)15(22)20-8-2-7-17(10-20)6-1-3-14(17)21/h4-5,9,14,21H,1-3,6-8,10H2,(H2,18,19)/t14-,17+/m1/s1. The van der Waals surface area contributed by atoms with Crippen molar-refractivity contribution in [3.63, 3.8) is 0 Å². The zero-order valence-electron chi connectivity index (χ0n) is 13.0. The Labute approximate surface area is 139 Å². The van der Waals surface area contributed by atoms with Gasteiger partial charge in [-0.3, -0.25) is 4.79 Å². The number of carbonyl (C=O) groups excluding carboxylic acids is 1. The average molecular weight is 331 g/mol. The maximum Gasteiger partial charge on any atom is 0.253 e. The molecule has 0 bridgehead atoms. The molecular formula is C17H21N3O2S. The Balaban J connectivity index is 1.59. The van der Waals surface area contributed by atoms with Crippen molar-refractivity contribution in [2.45, 2.75) is 38.2 Å². The van der Waals surface area contributed by atoms with Crippen molar-refractivity contribution in [1.82, 2.24) is 9.88 Å². The molecular weight excluding hydrogens is 310 g/mol. The van der Waals surface area contributed by atoms with Gasteiger partial charge in [0.1, 0.15) is 0 Å². The Morgan fingerprint density at radius 2 is 2.22 bits per heavy atom. The first-order valence-electron chi connectivity index (χ1n) is 8.21. The summed E-state index contributed by atoms with van der Waals surface area (Å²) in [6.45, 7) is 1.44. The van der Waals surface area contributed by atoms with Crippen molar-refractivity contribution in [2.75, 3.05) is 18.8 Å². The van der Waals surface area contributed by atoms with Gasteiger partial charge in [-0.25, -0.2) is 4.98 Å². The summed E-state index contributed by atoms with van der Waals surface area (Å²) in [5.41, 5.74) is 7.10. The van der Waals surface area contributed by atoms with Crippen LogP contribution >= 0.6 is 11.3 Å². The van der Waals surface area contributed by atoms with Crippen LogP contribution in [0.5, 0.6) is 0 Å². The summed E-state index contributed by atoms with van der Waals surface area (Å²) in [6.07, 6.45) is 4.69. The summed E-state index contributed by atoms with van der Waals surface area (Å²) in [4.78, 5) is 19.1. The smallest absolute Gasteiger partial charge is 0.253 e. The molecule has 23 heavy (non-hydrogen) atoms. The average Bonchev–Trinajstić information content (AvgIpc) is 3.08. The van der Waals surface area contributed by atoms with E-state index in [1.54, 1.807) is 0 Å². The van der Waals surface area contributed by atoms with Crippen molar-refractivity contribution in [3.8, 4) is 0 Å². The van der Waals surface area contributed by atoms with Crippen molar-refractivity contribution < 1.29 is 9.90 Å². The third kappa shape index (κ3) is 2.50. The second-order valence-electron chi connectivity index (χ2n) is 6.84. The summed E-state index contributed by atoms with van der Waals surface area (Å²) in [7, 11) is 0. The first kappa shape index (κ1) is 14.9. The van der Waals surface area contributed by atoms with Gasteiger partial charge in [0.15, 0.2) is 5.13 Å². The fourth-order valence-corrected chi connectivity index (χ4v) is 4.91. The molecule has 0 radical (unpaired) electrons. The maximum absolute atomic E-state index is 12.9. The molecule has 5 nitrogen and oxygen atoms in total. The number of benzene rings is 1. The van der Waals surface area contributed by atoms with E-state index in [0.29, 0.717) is 17.2 Å². The van der Waals surface area contributed by atoms with Gasteiger partial charge in [-0.1, -0.05) is 17.8 Å². The predicted molar refractivity (Wildman–Crippen MR) is 91.5 cm³/mol. The SMILES string of the molecule is Nc1nc2cc(C(=O)N3CCC[C@@]4(CCC[C@H]4O)C3)ccc2s1. The number of aliphatic hydroxyl groups is 1. The number of carbonyl (C=O) groups is 1. The number of nitrogen functional groups attached to an aromatic ring is 1. The van der Waals surface area contributed by atoms with Gasteiger partial charge in [-0.2, -0.15) is 0 Å². The first-order valence-corrected chi connectivity index (χ1v) is 9.02. The minimum Gasteiger partial charge on any atom is -0.392 e. The number of likely N-dealkylation sites (tertiary alicyclic amines) is 1. The van der Waals surface area contributed by atoms with Crippen molar-refractivity contribution in [1.29, 1.82) is 0 Å². The van der Waals surface area contributed by atoms with E-state index in [1.807, 2.05) is 23.1 Å². The molecule has 2 aromatic rings. The minimum absolute atomic E-state index is 0.0386. The highest BCUT2D eigenvalue weighted by Crippen LogP contribution is 2.45. The molecule has 2 heterocycles. The van der Waals surface area contributed by atoms with Crippen molar-refractivity contribution in [2.24, 2.45) is 5.41 Å². The van der Waals surface area contributed by atoms with E-state index in [2.05, 4.69) is 4.98 Å². The molecule has 122 valence electrons. The molecule has 1 aliphatic heterocycles. The number of piperidine rings is 1. The van der Waals surface area contributed by atoms with Crippen LogP contribution in [0, 0.1) is 5.41 Å². The molecule has 1 saturated heterocycles. The van der Waals surface area contributed by atoms with Gasteiger partial charge in [0.05, 0.1) is 16.3 Å². The highest BCUT2D eigenvalue weighted by Gasteiger charge is 2.45. The third-order valence-electron chi connectivity index (χ3n) is 5.41. The zero-order valence-corrected chi connectivity index (χ0v) is 13.8. The summed E-state index contributed by atoms with van der Waals surface area (Å²) in [5, 5.41) is 10.9. The minimum atomic E-state index is -0.265. The highest BCUT2D eigenvalue weighted by molar-refractivity contribution is 7.22. The Morgan fingerprint density at radius 3 is 3.00 bits per heavy atom. The highest BCUT2D eigenvalue weighted by atomic mass is 32.1. The first-order chi connectivity index (χ1) is 11.1. The van der Waals surface area contributed by atoms with Crippen molar-refractivity contribution in [3.05, 3.63) is 23.8 Å². The van der Waals surface area contributed by atoms with Crippen LogP contribution < -0.4 is 5.73 Å². The molecule has 2 atom stereocenters. The number of thiazole rings is 1. The Kier molecular flexibility index (Phi) is 3.54. The number of amides is 1. The van der Waals surface area contributed by atoms with Crippen LogP contribution in [0.1, 0.15) is 42.5 Å². The Hall–Kier alpha value is -1.66. The fourth-order valence-electron chi connectivity index (χ4n) is 4.19. The molecule has 1 aromatic carbocycles. The van der Waals surface area contributed by atoms with Gasteiger partial charge < -0.3 is 15.7 Å². The van der Waals surface area contributed by atoms with E-state index < -0.39 is 0 Å². The van der Waals surface area contributed by atoms with Gasteiger partial charge in [0, 0.05) is 24.1 Å². The molecule has 1 aromatic heterocycles. The number of aliphatic hydroxyl groups excluding tert-OH is 1. The Morgan fingerprint density at radius 1 is 1.39 bits per heavy atom. The number of hydrogen-bond acceptors (Lipinski definition) is 5. The lowest BCUT2D eigenvalue weighted by molar-refractivity contribution is -0.00535. The molecule has 2 fully saturated rings. The quantitative estimate of drug-likeness (QED) is 0.842. The maximum atomic E-state index is 12.9. The van der Waals surface area contributed by atoms with Crippen LogP contribution in [0.25, 0.3) is 10.2 Å². The van der Waals surface area contributed by atoms with Crippen LogP contribution in [0.15, 0.2) is 18.2 Å². The second kappa shape index (κ2) is 5.46. The Bertz CT molecular complexity index is 759. The van der Waals surface area contributed by atoms with E-state index in [9.17, 15) is 9.90 Å². The molecule has 2 aliphatic rings. The molecule has 4 rings (SSSR count). The predicted octanol–water partition coefficient (Wildman–Crippen LogP) is 2.65. The van der Waals surface area contributed by atoms with E-state index in [-0.39, 0.29) is 17.4 Å². The van der Waals surface area contributed by atoms with Gasteiger partial charge in [-0.05, 0) is 43.9 Å². The zero-order chi connectivity index (χ0) is 16.0. The lowest BCUT2D eigenvalue weighted by Crippen LogP contribution is -2.49. The number of nitrogens with zero attached hydrogens (tertiary/aromatic N) is 2. The topological polar surface area (TPSA) is 79.5 Å². The van der Waals surface area contributed by atoms with Crippen LogP contribution in [0.4, 0.5) is 5.13 Å². The summed E-state index contributed by atoms with van der Waals surface area (Å²) < 4.78 is 1.00. The third-order valence-corrected chi connectivity index (χ3v) is 6.27. The largest absolute Gasteiger partial charge is 0.392 e. The van der Waals surface area contributed by atoms with Crippen LogP contribution in [0.2, 0.25) is 0 Å². The van der Waals surface area contributed by atoms with E-state index in [0.717, 1.165) is 48.9 Å². The lowest BCUT2D eigenvalue weighted by atomic mass is 9.76. The van der Waals surface area contributed by atoms with E-state index in [1.165, 1.54) is 11.3 Å². The number of anilines is 1. The number of fused-ring (bicyclic) bond motifs is 1. The fraction of sp³-hybridized carbons (Fsp3) is 0.529. The molecule has 0 unspecified atom stereocenters. The van der Waals surface area contributed by atoms with Crippen molar-refractivity contribution >= 4 is 32.6 Å². The second-order valence-corrected chi connectivity index (χ2v) is 7.90. The number of rotatable bonds is 1. The molecule has 1 amide bonds. The van der Waals surface area contributed by atoms with Crippen LogP contribution in [-0.4, -0.2) is 40.1 Å². The van der Waals surface area contributed by atoms with Gasteiger partial charge in [0.25, 0.3) is 5.91 Å². The molecule has 1 spiro atoms. The number of nitrogens with two attached hydrogens (primary N) is 1. The van der Waals surface area contributed by atoms with Crippen LogP contribution in [-0.2, 0) is 0 Å². The molecule has 1 saturated carbocycles. The molecule has 3 N–H and O–H groups in total. The summed E-state index contributed by atoms with van der Waals surface area (Å²) >= 11 is 1.43. The van der Waals surface area contributed by atoms with Gasteiger partial charge in [-0.15, -0.1) is 0 Å². The molecule has 1 aliphatic carbocycles. The number of hydrogen-bond donors (Lipinski definition) is 2. The summed E-state index contributed by atoms with van der Waals surface area (Å²) in [5.74, 6) is 0.0386. The lowest BCUT2D eigenvalue weighted by Gasteiger charge is -2.42. The van der Waals surface area contributed by atoms with Gasteiger partial charge >= 0.3 is 0 Å². The summed E-state index contributed by atoms with van der Waals surface area (Å²) in [6, 6.07) is 5.60. The monoisotopic (exact) mass is 331 g/mol. The number of aromatic nitrogens is 1. The normalized spacial score (nSPS) is 27.9. The van der Waals surface area contributed by atoms with E-state index in [4.69, 9.17) is 5.73 Å². The van der Waals surface area contributed by atoms with Gasteiger partial charge in [0.2, 0.25) is 0 Å². The molecule has 6 heteroatoms.